The van der Waals surface area contributed by atoms with E-state index in [1.807, 2.05) is 48.5 Å². The van der Waals surface area contributed by atoms with Crippen molar-refractivity contribution in [2.45, 2.75) is 28.3 Å². The largest absolute Gasteiger partial charge is 0.481 e. The lowest BCUT2D eigenvalue weighted by molar-refractivity contribution is 0.102. The highest BCUT2D eigenvalue weighted by molar-refractivity contribution is 7.99. The predicted octanol–water partition coefficient (Wildman–Crippen LogP) is 4.94. The van der Waals surface area contributed by atoms with Gasteiger partial charge >= 0.3 is 0 Å². The van der Waals surface area contributed by atoms with Crippen LogP contribution in [0.2, 0.25) is 0 Å². The average molecular weight is 440 g/mol. The van der Waals surface area contributed by atoms with Crippen LogP contribution in [0.4, 0.5) is 5.69 Å². The van der Waals surface area contributed by atoms with Crippen LogP contribution >= 0.6 is 23.5 Å². The van der Waals surface area contributed by atoms with Crippen molar-refractivity contribution in [2.75, 3.05) is 24.8 Å². The Bertz CT molecular complexity index is 1040. The van der Waals surface area contributed by atoms with Gasteiger partial charge in [-0.2, -0.15) is 9.97 Å². The van der Waals surface area contributed by atoms with Crippen LogP contribution in [0.1, 0.15) is 22.8 Å². The first-order valence-corrected chi connectivity index (χ1v) is 11.4. The topological polar surface area (TPSA) is 73.3 Å². The van der Waals surface area contributed by atoms with Crippen molar-refractivity contribution >= 4 is 35.1 Å². The molecule has 1 aromatic heterocycles. The molecule has 3 aromatic rings. The zero-order valence-electron chi connectivity index (χ0n) is 16.7. The van der Waals surface area contributed by atoms with E-state index in [0.717, 1.165) is 33.2 Å². The Hall–Kier alpha value is -2.71. The number of nitrogens with one attached hydrogen (secondary N) is 1. The number of carbonyl (C=O) groups is 1. The molecule has 0 spiro atoms. The number of thioether (sulfide) groups is 1. The van der Waals surface area contributed by atoms with Crippen LogP contribution < -0.4 is 14.8 Å². The highest BCUT2D eigenvalue weighted by Gasteiger charge is 2.22. The lowest BCUT2D eigenvalue weighted by atomic mass is 10.2. The maximum atomic E-state index is 12.5. The molecule has 0 aliphatic carbocycles. The van der Waals surface area contributed by atoms with Gasteiger partial charge in [-0.25, -0.2) is 0 Å². The van der Waals surface area contributed by atoms with Crippen LogP contribution in [0.25, 0.3) is 0 Å². The minimum Gasteiger partial charge on any atom is -0.481 e. The molecule has 0 unspecified atom stereocenters. The zero-order chi connectivity index (χ0) is 20.9. The molecule has 2 aromatic carbocycles. The summed E-state index contributed by atoms with van der Waals surface area (Å²) < 4.78 is 10.9. The van der Waals surface area contributed by atoms with Crippen molar-refractivity contribution in [1.29, 1.82) is 0 Å². The fourth-order valence-electron chi connectivity index (χ4n) is 3.01. The van der Waals surface area contributed by atoms with Crippen molar-refractivity contribution in [1.82, 2.24) is 9.97 Å². The van der Waals surface area contributed by atoms with Gasteiger partial charge in [0.15, 0.2) is 5.16 Å². The van der Waals surface area contributed by atoms with Crippen LogP contribution in [0, 0.1) is 0 Å². The molecule has 1 aliphatic rings. The predicted molar refractivity (Wildman–Crippen MR) is 119 cm³/mol. The lowest BCUT2D eigenvalue weighted by Gasteiger charge is -2.08. The van der Waals surface area contributed by atoms with Gasteiger partial charge < -0.3 is 14.8 Å². The molecule has 154 valence electrons. The van der Waals surface area contributed by atoms with Gasteiger partial charge in [0, 0.05) is 27.5 Å². The second kappa shape index (κ2) is 9.40. The molecule has 1 amide bonds. The Balaban J connectivity index is 1.41. The first-order chi connectivity index (χ1) is 14.7. The molecule has 0 bridgehead atoms. The Morgan fingerprint density at radius 1 is 1.10 bits per heavy atom. The summed E-state index contributed by atoms with van der Waals surface area (Å²) in [5, 5.41) is 3.49. The molecule has 0 radical (unpaired) electrons. The van der Waals surface area contributed by atoms with Gasteiger partial charge in [0.2, 0.25) is 11.8 Å². The summed E-state index contributed by atoms with van der Waals surface area (Å²) in [6, 6.07) is 15.2. The summed E-state index contributed by atoms with van der Waals surface area (Å²) in [5.41, 5.74) is 2.28. The Kier molecular flexibility index (Phi) is 6.44. The van der Waals surface area contributed by atoms with Gasteiger partial charge in [0.05, 0.1) is 19.3 Å². The minimum absolute atomic E-state index is 0.132. The summed E-state index contributed by atoms with van der Waals surface area (Å²) in [7, 11) is 1.60. The molecule has 2 heterocycles. The van der Waals surface area contributed by atoms with Crippen LogP contribution in [0.15, 0.2) is 63.5 Å². The first kappa shape index (κ1) is 20.6. The smallest absolute Gasteiger partial charge is 0.255 e. The van der Waals surface area contributed by atoms with Crippen molar-refractivity contribution in [2.24, 2.45) is 0 Å². The van der Waals surface area contributed by atoms with Gasteiger partial charge in [-0.05, 0) is 66.0 Å². The van der Waals surface area contributed by atoms with E-state index in [1.165, 1.54) is 11.8 Å². The highest BCUT2D eigenvalue weighted by Crippen LogP contribution is 2.35. The Labute approximate surface area is 183 Å². The molecule has 4 rings (SSSR count). The minimum atomic E-state index is -0.132. The fraction of sp³-hybridized carbons (Fsp3) is 0.227. The number of rotatable bonds is 7. The monoisotopic (exact) mass is 439 g/mol. The van der Waals surface area contributed by atoms with Crippen LogP contribution in [0.3, 0.4) is 0 Å². The van der Waals surface area contributed by atoms with E-state index < -0.39 is 0 Å². The third-order valence-electron chi connectivity index (χ3n) is 4.44. The fourth-order valence-corrected chi connectivity index (χ4v) is 4.41. The molecular weight excluding hydrogens is 418 g/mol. The average Bonchev–Trinajstić information content (AvgIpc) is 3.24. The maximum Gasteiger partial charge on any atom is 0.255 e. The number of amides is 1. The Morgan fingerprint density at radius 3 is 2.53 bits per heavy atom. The summed E-state index contributed by atoms with van der Waals surface area (Å²) in [5.74, 6) is 2.03. The van der Waals surface area contributed by atoms with E-state index in [2.05, 4.69) is 22.2 Å². The van der Waals surface area contributed by atoms with E-state index in [9.17, 15) is 4.79 Å². The van der Waals surface area contributed by atoms with E-state index >= 15 is 0 Å². The summed E-state index contributed by atoms with van der Waals surface area (Å²) in [6.07, 6.45) is 0.762. The van der Waals surface area contributed by atoms with Crippen LogP contribution in [-0.2, 0) is 6.42 Å². The zero-order valence-corrected chi connectivity index (χ0v) is 18.3. The molecule has 1 N–H and O–H groups in total. The number of ether oxygens (including phenoxy) is 2. The number of hydrogen-bond donors (Lipinski definition) is 1. The van der Waals surface area contributed by atoms with Crippen LogP contribution in [-0.4, -0.2) is 35.3 Å². The molecule has 6 nitrogen and oxygen atoms in total. The number of nitrogens with zero attached hydrogens (tertiary/aromatic N) is 2. The standard InChI is InChI=1S/C22H21N3O3S2/c1-3-29-16-8-4-14(5-9-16)19(26)23-15-6-10-17(11-7-15)30-22-24-20(27-2)18-12-13-28-21(18)25-22/h4-11H,3,12-13H2,1-2H3,(H,23,26). The highest BCUT2D eigenvalue weighted by atomic mass is 32.2. The Morgan fingerprint density at radius 2 is 1.83 bits per heavy atom. The first-order valence-electron chi connectivity index (χ1n) is 9.56. The third kappa shape index (κ3) is 4.71. The molecular formula is C22H21N3O3S2. The van der Waals surface area contributed by atoms with E-state index in [0.29, 0.717) is 29.1 Å². The van der Waals surface area contributed by atoms with E-state index in [4.69, 9.17) is 9.47 Å². The number of hydrogen-bond acceptors (Lipinski definition) is 7. The summed E-state index contributed by atoms with van der Waals surface area (Å²) in [4.78, 5) is 23.5. The third-order valence-corrected chi connectivity index (χ3v) is 6.21. The summed E-state index contributed by atoms with van der Waals surface area (Å²) in [6.45, 7) is 2.71. The molecule has 0 saturated heterocycles. The van der Waals surface area contributed by atoms with Crippen molar-refractivity contribution in [3.8, 4) is 11.8 Å². The molecule has 0 fully saturated rings. The van der Waals surface area contributed by atoms with E-state index in [-0.39, 0.29) is 5.91 Å². The maximum absolute atomic E-state index is 12.5. The molecule has 0 saturated carbocycles. The van der Waals surface area contributed by atoms with Gasteiger partial charge in [-0.15, -0.1) is 11.8 Å². The number of aromatic nitrogens is 2. The summed E-state index contributed by atoms with van der Waals surface area (Å²) >= 11 is 3.17. The molecule has 0 atom stereocenters. The van der Waals surface area contributed by atoms with Gasteiger partial charge in [-0.3, -0.25) is 4.79 Å². The van der Waals surface area contributed by atoms with Crippen molar-refractivity contribution in [3.63, 3.8) is 0 Å². The molecule has 1 aliphatic heterocycles. The second-order valence-corrected chi connectivity index (χ2v) is 8.81. The molecule has 8 heteroatoms. The quantitative estimate of drug-likeness (QED) is 0.413. The number of carbonyl (C=O) groups excluding carboxylic acids is 1. The number of anilines is 1. The van der Waals surface area contributed by atoms with Gasteiger partial charge in [-0.1, -0.05) is 6.92 Å². The normalized spacial score (nSPS) is 12.2. The number of methoxy groups -OCH3 is 1. The SMILES string of the molecule is CCSc1ccc(C(=O)Nc2ccc(Sc3nc(OC)c4c(n3)OCC4)cc2)cc1. The van der Waals surface area contributed by atoms with Gasteiger partial charge in [0.1, 0.15) is 0 Å². The van der Waals surface area contributed by atoms with Gasteiger partial charge in [0.25, 0.3) is 5.91 Å². The second-order valence-electron chi connectivity index (χ2n) is 6.44. The molecule has 30 heavy (non-hydrogen) atoms. The van der Waals surface area contributed by atoms with Crippen LogP contribution in [0.5, 0.6) is 11.8 Å². The number of fused-ring (bicyclic) bond motifs is 1. The number of benzene rings is 2. The lowest BCUT2D eigenvalue weighted by Crippen LogP contribution is -2.11. The van der Waals surface area contributed by atoms with E-state index in [1.54, 1.807) is 18.9 Å². The van der Waals surface area contributed by atoms with Crippen molar-refractivity contribution in [3.05, 3.63) is 59.7 Å². The van der Waals surface area contributed by atoms with Crippen molar-refractivity contribution < 1.29 is 14.3 Å².